The van der Waals surface area contributed by atoms with Crippen LogP contribution >= 0.6 is 0 Å². The maximum absolute atomic E-state index is 14.0. The van der Waals surface area contributed by atoms with E-state index in [1.807, 2.05) is 12.1 Å². The summed E-state index contributed by atoms with van der Waals surface area (Å²) in [7, 11) is 0. The van der Waals surface area contributed by atoms with E-state index in [1.165, 1.54) is 12.0 Å². The third-order valence-electron chi connectivity index (χ3n) is 7.93. The van der Waals surface area contributed by atoms with Crippen molar-refractivity contribution in [3.05, 3.63) is 29.8 Å². The zero-order valence-corrected chi connectivity index (χ0v) is 21.7. The van der Waals surface area contributed by atoms with Gasteiger partial charge >= 0.3 is 0 Å². The van der Waals surface area contributed by atoms with Crippen LogP contribution in [0, 0.1) is 5.92 Å². The van der Waals surface area contributed by atoms with Gasteiger partial charge in [0, 0.05) is 30.7 Å². The smallest absolute Gasteiger partial charge is 0.244 e. The zero-order valence-electron chi connectivity index (χ0n) is 21.7. The van der Waals surface area contributed by atoms with Gasteiger partial charge in [-0.3, -0.25) is 14.5 Å². The van der Waals surface area contributed by atoms with Crippen LogP contribution in [0.1, 0.15) is 77.7 Å². The molecule has 35 heavy (non-hydrogen) atoms. The predicted octanol–water partition coefficient (Wildman–Crippen LogP) is 2.86. The van der Waals surface area contributed by atoms with Gasteiger partial charge in [-0.1, -0.05) is 52.2 Å². The zero-order chi connectivity index (χ0) is 25.0. The summed E-state index contributed by atoms with van der Waals surface area (Å²) in [5, 5.41) is 20.1. The Balaban J connectivity index is 1.69. The number of aliphatic hydroxyl groups is 1. The standard InChI is InChI=1S/C28H44N4O3/c1-28(2,3)20-11-13-22(14-12-20)32(27(35)24-16-23(33)18-30-24)25(19-8-7-15-29-17-19)26(34)31-21-9-5-4-6-10-21/h11-14,19,21,23-25,29-30,33H,4-10,15-18H2,1-3H3,(H,31,34)/t19?,23-,24+,25?/m0/s1. The van der Waals surface area contributed by atoms with E-state index in [9.17, 15) is 14.7 Å². The average Bonchev–Trinajstić information content (AvgIpc) is 3.29. The van der Waals surface area contributed by atoms with Crippen molar-refractivity contribution < 1.29 is 14.7 Å². The Morgan fingerprint density at radius 2 is 1.74 bits per heavy atom. The second-order valence-electron chi connectivity index (χ2n) is 11.8. The highest BCUT2D eigenvalue weighted by Gasteiger charge is 2.42. The van der Waals surface area contributed by atoms with Gasteiger partial charge in [0.2, 0.25) is 11.8 Å². The molecule has 2 heterocycles. The molecule has 4 N–H and O–H groups in total. The van der Waals surface area contributed by atoms with Crippen molar-refractivity contribution in [1.29, 1.82) is 0 Å². The third-order valence-corrected chi connectivity index (χ3v) is 7.93. The molecule has 2 unspecified atom stereocenters. The van der Waals surface area contributed by atoms with Gasteiger partial charge in [-0.05, 0) is 61.8 Å². The molecule has 194 valence electrons. The molecular formula is C28H44N4O3. The van der Waals surface area contributed by atoms with E-state index in [1.54, 1.807) is 4.90 Å². The molecule has 0 aromatic heterocycles. The molecule has 1 aromatic carbocycles. The van der Waals surface area contributed by atoms with Crippen molar-refractivity contribution in [3.8, 4) is 0 Å². The predicted molar refractivity (Wildman–Crippen MR) is 139 cm³/mol. The fourth-order valence-corrected chi connectivity index (χ4v) is 5.84. The van der Waals surface area contributed by atoms with Crippen molar-refractivity contribution in [1.82, 2.24) is 16.0 Å². The second-order valence-corrected chi connectivity index (χ2v) is 11.8. The number of nitrogens with zero attached hydrogens (tertiary/aromatic N) is 1. The van der Waals surface area contributed by atoms with Crippen LogP contribution in [0.25, 0.3) is 0 Å². The summed E-state index contributed by atoms with van der Waals surface area (Å²) < 4.78 is 0. The van der Waals surface area contributed by atoms with Crippen molar-refractivity contribution >= 4 is 17.5 Å². The van der Waals surface area contributed by atoms with Gasteiger partial charge in [0.1, 0.15) is 6.04 Å². The fourth-order valence-electron chi connectivity index (χ4n) is 5.84. The number of β-amino-alcohol motifs (C(OH)–C–C–N with tert-alkyl or cyclic N) is 1. The fraction of sp³-hybridized carbons (Fsp3) is 0.714. The molecule has 7 nitrogen and oxygen atoms in total. The molecule has 4 atom stereocenters. The van der Waals surface area contributed by atoms with Crippen molar-refractivity contribution in [2.75, 3.05) is 24.5 Å². The quantitative estimate of drug-likeness (QED) is 0.498. The molecule has 0 bridgehead atoms. The molecule has 0 radical (unpaired) electrons. The average molecular weight is 485 g/mol. The number of carbonyl (C=O) groups is 2. The number of hydrogen-bond donors (Lipinski definition) is 4. The van der Waals surface area contributed by atoms with Gasteiger partial charge in [-0.2, -0.15) is 0 Å². The lowest BCUT2D eigenvalue weighted by Crippen LogP contribution is -2.60. The maximum Gasteiger partial charge on any atom is 0.244 e. The lowest BCUT2D eigenvalue weighted by Gasteiger charge is -2.40. The van der Waals surface area contributed by atoms with Crippen LogP contribution in [0.15, 0.2) is 24.3 Å². The first-order valence-electron chi connectivity index (χ1n) is 13.6. The summed E-state index contributed by atoms with van der Waals surface area (Å²) in [5.41, 5.74) is 1.93. The summed E-state index contributed by atoms with van der Waals surface area (Å²) in [5.74, 6) is -0.137. The number of rotatable bonds is 6. The highest BCUT2D eigenvalue weighted by atomic mass is 16.3. The number of anilines is 1. The van der Waals surface area contributed by atoms with E-state index in [2.05, 4.69) is 48.9 Å². The normalized spacial score (nSPS) is 26.8. The molecule has 3 fully saturated rings. The van der Waals surface area contributed by atoms with Crippen LogP contribution < -0.4 is 20.9 Å². The number of aliphatic hydroxyl groups excluding tert-OH is 1. The van der Waals surface area contributed by atoms with Gasteiger partial charge in [-0.25, -0.2) is 0 Å². The van der Waals surface area contributed by atoms with Gasteiger partial charge in [0.15, 0.2) is 0 Å². The monoisotopic (exact) mass is 484 g/mol. The number of piperidine rings is 1. The molecule has 3 aliphatic rings. The first-order chi connectivity index (χ1) is 16.7. The molecular weight excluding hydrogens is 440 g/mol. The molecule has 1 aliphatic carbocycles. The van der Waals surface area contributed by atoms with Crippen LogP contribution in [0.2, 0.25) is 0 Å². The Morgan fingerprint density at radius 3 is 2.31 bits per heavy atom. The van der Waals surface area contributed by atoms with E-state index in [-0.39, 0.29) is 29.2 Å². The second kappa shape index (κ2) is 11.4. The van der Waals surface area contributed by atoms with Gasteiger partial charge in [-0.15, -0.1) is 0 Å². The van der Waals surface area contributed by atoms with E-state index in [4.69, 9.17) is 0 Å². The minimum absolute atomic E-state index is 0.00443. The molecule has 2 aliphatic heterocycles. The molecule has 1 saturated carbocycles. The maximum atomic E-state index is 14.0. The summed E-state index contributed by atoms with van der Waals surface area (Å²) in [6.07, 6.45) is 7.24. The van der Waals surface area contributed by atoms with Crippen LogP contribution in [0.3, 0.4) is 0 Å². The molecule has 1 aromatic rings. The number of hydrogen-bond acceptors (Lipinski definition) is 5. The van der Waals surface area contributed by atoms with E-state index in [0.717, 1.165) is 50.8 Å². The topological polar surface area (TPSA) is 93.7 Å². The first kappa shape index (κ1) is 26.1. The highest BCUT2D eigenvalue weighted by molar-refractivity contribution is 6.03. The number of amides is 2. The summed E-state index contributed by atoms with van der Waals surface area (Å²) in [6.45, 7) is 8.57. The molecule has 0 spiro atoms. The summed E-state index contributed by atoms with van der Waals surface area (Å²) in [4.78, 5) is 29.7. The van der Waals surface area contributed by atoms with Gasteiger partial charge in [0.25, 0.3) is 0 Å². The number of nitrogens with one attached hydrogen (secondary N) is 3. The summed E-state index contributed by atoms with van der Waals surface area (Å²) >= 11 is 0. The lowest BCUT2D eigenvalue weighted by atomic mass is 9.86. The molecule has 7 heteroatoms. The molecule has 2 amide bonds. The SMILES string of the molecule is CC(C)(C)c1ccc(N(C(=O)[C@H]2C[C@H](O)CN2)C(C(=O)NC2CCCCC2)C2CCCNC2)cc1. The Bertz CT molecular complexity index is 854. The molecule has 2 saturated heterocycles. The van der Waals surface area contributed by atoms with Crippen molar-refractivity contribution in [3.63, 3.8) is 0 Å². The Kier molecular flexibility index (Phi) is 8.50. The Labute approximate surface area is 210 Å². The highest BCUT2D eigenvalue weighted by Crippen LogP contribution is 2.31. The number of benzene rings is 1. The van der Waals surface area contributed by atoms with Crippen LogP contribution in [0.4, 0.5) is 5.69 Å². The van der Waals surface area contributed by atoms with E-state index in [0.29, 0.717) is 19.5 Å². The van der Waals surface area contributed by atoms with E-state index < -0.39 is 18.2 Å². The van der Waals surface area contributed by atoms with Gasteiger partial charge in [0.05, 0.1) is 12.1 Å². The van der Waals surface area contributed by atoms with E-state index >= 15 is 0 Å². The lowest BCUT2D eigenvalue weighted by molar-refractivity contribution is -0.129. The number of carbonyl (C=O) groups excluding carboxylic acids is 2. The minimum atomic E-state index is -0.586. The Hall–Kier alpha value is -1.96. The van der Waals surface area contributed by atoms with Crippen LogP contribution in [-0.2, 0) is 15.0 Å². The minimum Gasteiger partial charge on any atom is -0.392 e. The largest absolute Gasteiger partial charge is 0.392 e. The Morgan fingerprint density at radius 1 is 1.03 bits per heavy atom. The van der Waals surface area contributed by atoms with Crippen molar-refractivity contribution in [2.24, 2.45) is 5.92 Å². The van der Waals surface area contributed by atoms with Crippen molar-refractivity contribution in [2.45, 2.75) is 102 Å². The van der Waals surface area contributed by atoms with Crippen LogP contribution in [0.5, 0.6) is 0 Å². The summed E-state index contributed by atoms with van der Waals surface area (Å²) in [6, 6.07) is 7.22. The molecule has 4 rings (SSSR count). The first-order valence-corrected chi connectivity index (χ1v) is 13.6. The van der Waals surface area contributed by atoms with Crippen LogP contribution in [-0.4, -0.2) is 60.8 Å². The third kappa shape index (κ3) is 6.43. The van der Waals surface area contributed by atoms with Gasteiger partial charge < -0.3 is 21.1 Å².